The number of aromatic nitrogens is 3. The molecule has 3 aromatic heterocycles. The third kappa shape index (κ3) is 3.35. The largest absolute Gasteiger partial charge is 0.464 e. The van der Waals surface area contributed by atoms with Gasteiger partial charge in [-0.25, -0.2) is 14.4 Å². The van der Waals surface area contributed by atoms with Crippen LogP contribution in [-0.4, -0.2) is 27.1 Å². The standard InChI is InChI=1S/C21H18FN7O/c1-12(24)7-18(25-2)16-10-27-21(29-11-13(8-23)28-20(16)29)26-9-15-14-5-6-30-19(14)4-3-17(15)22/h3-7,10-11H,9,24H2,1-2H3,(H,26,27). The van der Waals surface area contributed by atoms with Gasteiger partial charge in [0.1, 0.15) is 17.5 Å². The smallest absolute Gasteiger partial charge is 0.208 e. The molecule has 30 heavy (non-hydrogen) atoms. The number of nitriles is 1. The number of rotatable bonds is 5. The summed E-state index contributed by atoms with van der Waals surface area (Å²) in [5.74, 6) is 0.0584. The zero-order valence-electron chi connectivity index (χ0n) is 16.3. The fourth-order valence-corrected chi connectivity index (χ4v) is 3.25. The van der Waals surface area contributed by atoms with Gasteiger partial charge in [0.15, 0.2) is 11.3 Å². The van der Waals surface area contributed by atoms with E-state index in [1.54, 1.807) is 49.0 Å². The number of fused-ring (bicyclic) bond motifs is 2. The zero-order valence-corrected chi connectivity index (χ0v) is 16.3. The SMILES string of the molecule is CN=C(C=C(C)N)c1cnc(NCc2c(F)ccc3occc23)n2cc(C#N)nc12. The first-order chi connectivity index (χ1) is 14.5. The molecule has 1 aromatic carbocycles. The van der Waals surface area contributed by atoms with Gasteiger partial charge in [-0.05, 0) is 31.2 Å². The first-order valence-corrected chi connectivity index (χ1v) is 9.09. The van der Waals surface area contributed by atoms with Crippen molar-refractivity contribution in [2.75, 3.05) is 12.4 Å². The Hall–Kier alpha value is -4.19. The second-order valence-corrected chi connectivity index (χ2v) is 6.64. The Bertz CT molecular complexity index is 1350. The summed E-state index contributed by atoms with van der Waals surface area (Å²) in [6, 6.07) is 6.71. The van der Waals surface area contributed by atoms with Crippen LogP contribution in [0.4, 0.5) is 10.3 Å². The Morgan fingerprint density at radius 2 is 2.27 bits per heavy atom. The van der Waals surface area contributed by atoms with Crippen molar-refractivity contribution in [2.24, 2.45) is 10.7 Å². The lowest BCUT2D eigenvalue weighted by Crippen LogP contribution is -2.11. The van der Waals surface area contributed by atoms with Crippen molar-refractivity contribution < 1.29 is 8.81 Å². The third-order valence-corrected chi connectivity index (χ3v) is 4.60. The number of halogens is 1. The van der Waals surface area contributed by atoms with Crippen LogP contribution >= 0.6 is 0 Å². The first-order valence-electron chi connectivity index (χ1n) is 9.09. The molecule has 0 aliphatic heterocycles. The fraction of sp³-hybridized carbons (Fsp3) is 0.143. The summed E-state index contributed by atoms with van der Waals surface area (Å²) in [7, 11) is 1.64. The normalized spacial score (nSPS) is 12.5. The molecule has 4 rings (SSSR count). The van der Waals surface area contributed by atoms with Crippen molar-refractivity contribution in [3.63, 3.8) is 0 Å². The summed E-state index contributed by atoms with van der Waals surface area (Å²) in [6.45, 7) is 1.92. The first kappa shape index (κ1) is 19.1. The second kappa shape index (κ2) is 7.67. The molecule has 0 atom stereocenters. The molecule has 0 bridgehead atoms. The van der Waals surface area contributed by atoms with Crippen LogP contribution in [-0.2, 0) is 6.54 Å². The number of nitrogens with zero attached hydrogens (tertiary/aromatic N) is 5. The van der Waals surface area contributed by atoms with Gasteiger partial charge in [-0.3, -0.25) is 9.39 Å². The summed E-state index contributed by atoms with van der Waals surface area (Å²) < 4.78 is 21.4. The van der Waals surface area contributed by atoms with Crippen LogP contribution in [0.2, 0.25) is 0 Å². The van der Waals surface area contributed by atoms with Gasteiger partial charge in [0.25, 0.3) is 0 Å². The topological polar surface area (TPSA) is 118 Å². The number of anilines is 1. The summed E-state index contributed by atoms with van der Waals surface area (Å²) in [4.78, 5) is 13.1. The van der Waals surface area contributed by atoms with Crippen molar-refractivity contribution in [2.45, 2.75) is 13.5 Å². The Labute approximate surface area is 171 Å². The van der Waals surface area contributed by atoms with Gasteiger partial charge < -0.3 is 15.5 Å². The highest BCUT2D eigenvalue weighted by atomic mass is 19.1. The van der Waals surface area contributed by atoms with Crippen LogP contribution in [0.15, 0.2) is 58.0 Å². The number of furan rings is 1. The van der Waals surface area contributed by atoms with Crippen molar-refractivity contribution in [1.82, 2.24) is 14.4 Å². The maximum atomic E-state index is 14.4. The third-order valence-electron chi connectivity index (χ3n) is 4.60. The minimum Gasteiger partial charge on any atom is -0.464 e. The summed E-state index contributed by atoms with van der Waals surface area (Å²) in [5, 5.41) is 13.1. The molecule has 0 amide bonds. The summed E-state index contributed by atoms with van der Waals surface area (Å²) in [5.41, 5.74) is 9.35. The van der Waals surface area contributed by atoms with Crippen LogP contribution < -0.4 is 11.1 Å². The minimum atomic E-state index is -0.350. The van der Waals surface area contributed by atoms with Gasteiger partial charge in [0.2, 0.25) is 5.95 Å². The molecule has 0 unspecified atom stereocenters. The van der Waals surface area contributed by atoms with Crippen molar-refractivity contribution in [1.29, 1.82) is 5.26 Å². The van der Waals surface area contributed by atoms with E-state index in [1.165, 1.54) is 12.3 Å². The van der Waals surface area contributed by atoms with Gasteiger partial charge in [0, 0.05) is 36.4 Å². The van der Waals surface area contributed by atoms with E-state index in [1.807, 2.05) is 6.07 Å². The summed E-state index contributed by atoms with van der Waals surface area (Å²) in [6.07, 6.45) is 6.39. The number of imidazole rings is 1. The van der Waals surface area contributed by atoms with Gasteiger partial charge in [-0.1, -0.05) is 0 Å². The van der Waals surface area contributed by atoms with Crippen LogP contribution in [0, 0.1) is 17.1 Å². The van der Waals surface area contributed by atoms with Gasteiger partial charge in [0.05, 0.1) is 23.7 Å². The highest BCUT2D eigenvalue weighted by molar-refractivity contribution is 6.12. The molecule has 3 N–H and O–H groups in total. The number of aliphatic imine (C=N–C) groups is 1. The fourth-order valence-electron chi connectivity index (χ4n) is 3.25. The van der Waals surface area contributed by atoms with Gasteiger partial charge >= 0.3 is 0 Å². The van der Waals surface area contributed by atoms with Crippen LogP contribution in [0.25, 0.3) is 16.6 Å². The van der Waals surface area contributed by atoms with Crippen LogP contribution in [0.5, 0.6) is 0 Å². The lowest BCUT2D eigenvalue weighted by atomic mass is 10.1. The lowest BCUT2D eigenvalue weighted by Gasteiger charge is -2.11. The molecule has 0 aliphatic rings. The van der Waals surface area contributed by atoms with Gasteiger partial charge in [-0.2, -0.15) is 5.26 Å². The quantitative estimate of drug-likeness (QED) is 0.493. The Kier molecular flexibility index (Phi) is 4.90. The number of hydrogen-bond acceptors (Lipinski definition) is 7. The van der Waals surface area contributed by atoms with Crippen LogP contribution in [0.3, 0.4) is 0 Å². The highest BCUT2D eigenvalue weighted by Crippen LogP contribution is 2.24. The van der Waals surface area contributed by atoms with E-state index in [9.17, 15) is 9.65 Å². The molecule has 0 saturated heterocycles. The van der Waals surface area contributed by atoms with E-state index in [-0.39, 0.29) is 18.1 Å². The lowest BCUT2D eigenvalue weighted by molar-refractivity contribution is 0.603. The Morgan fingerprint density at radius 3 is 3.00 bits per heavy atom. The van der Waals surface area contributed by atoms with Gasteiger partial charge in [-0.15, -0.1) is 0 Å². The highest BCUT2D eigenvalue weighted by Gasteiger charge is 2.16. The molecular weight excluding hydrogens is 385 g/mol. The number of benzene rings is 1. The number of nitrogens with one attached hydrogen (secondary N) is 1. The average molecular weight is 403 g/mol. The number of nitrogens with two attached hydrogens (primary N) is 1. The van der Waals surface area contributed by atoms with Crippen molar-refractivity contribution >= 4 is 28.3 Å². The van der Waals surface area contributed by atoms with Crippen molar-refractivity contribution in [3.05, 3.63) is 71.3 Å². The predicted octanol–water partition coefficient (Wildman–Crippen LogP) is 3.38. The molecule has 0 fully saturated rings. The van der Waals surface area contributed by atoms with E-state index in [2.05, 4.69) is 20.3 Å². The predicted molar refractivity (Wildman–Crippen MR) is 112 cm³/mol. The van der Waals surface area contributed by atoms with Crippen molar-refractivity contribution in [3.8, 4) is 6.07 Å². The van der Waals surface area contributed by atoms with E-state index >= 15 is 0 Å². The van der Waals surface area contributed by atoms with E-state index in [4.69, 9.17) is 10.2 Å². The maximum Gasteiger partial charge on any atom is 0.208 e. The molecule has 0 aliphatic carbocycles. The second-order valence-electron chi connectivity index (χ2n) is 6.64. The molecule has 0 spiro atoms. The Morgan fingerprint density at radius 1 is 1.43 bits per heavy atom. The molecule has 150 valence electrons. The number of hydrogen-bond donors (Lipinski definition) is 2. The van der Waals surface area contributed by atoms with Crippen LogP contribution in [0.1, 0.15) is 23.7 Å². The van der Waals surface area contributed by atoms with E-state index in [0.29, 0.717) is 45.1 Å². The maximum absolute atomic E-state index is 14.4. The molecular formula is C21H18FN7O. The molecule has 9 heteroatoms. The minimum absolute atomic E-state index is 0.167. The molecule has 4 aromatic rings. The van der Waals surface area contributed by atoms with E-state index in [0.717, 1.165) is 0 Å². The monoisotopic (exact) mass is 403 g/mol. The average Bonchev–Trinajstić information content (AvgIpc) is 3.38. The Balaban J connectivity index is 1.77. The molecule has 3 heterocycles. The molecule has 0 radical (unpaired) electrons. The zero-order chi connectivity index (χ0) is 21.3. The van der Waals surface area contributed by atoms with E-state index < -0.39 is 0 Å². The molecule has 0 saturated carbocycles. The number of allylic oxidation sites excluding steroid dienone is 2. The summed E-state index contributed by atoms with van der Waals surface area (Å²) >= 11 is 0. The molecule has 8 nitrogen and oxygen atoms in total.